The quantitative estimate of drug-likeness (QED) is 0.397. The Hall–Kier alpha value is -1.94. The Morgan fingerprint density at radius 2 is 1.76 bits per heavy atom. The van der Waals surface area contributed by atoms with E-state index in [-0.39, 0.29) is 5.41 Å². The first-order valence-electron chi connectivity index (χ1n) is 10.7. The van der Waals surface area contributed by atoms with Crippen molar-refractivity contribution in [2.45, 2.75) is 92.3 Å². The van der Waals surface area contributed by atoms with E-state index in [1.165, 1.54) is 28.4 Å². The zero-order valence-electron chi connectivity index (χ0n) is 18.6. The van der Waals surface area contributed by atoms with Crippen molar-refractivity contribution in [1.82, 2.24) is 0 Å². The van der Waals surface area contributed by atoms with Gasteiger partial charge in [0.15, 0.2) is 0 Å². The van der Waals surface area contributed by atoms with Crippen molar-refractivity contribution >= 4 is 11.8 Å². The SMILES string of the molecule is CC(=CCCC1=CC(=O)O[C@H]1O)CCC=C(C)CCC1=C(C)CCC(=O)C1(C)C. The molecule has 1 heterocycles. The van der Waals surface area contributed by atoms with Crippen molar-refractivity contribution in [3.05, 3.63) is 46.1 Å². The number of hydrogen-bond acceptors (Lipinski definition) is 4. The molecule has 0 bridgehead atoms. The van der Waals surface area contributed by atoms with E-state index in [1.54, 1.807) is 0 Å². The molecule has 2 rings (SSSR count). The molecule has 29 heavy (non-hydrogen) atoms. The van der Waals surface area contributed by atoms with Crippen LogP contribution in [0.1, 0.15) is 86.0 Å². The summed E-state index contributed by atoms with van der Waals surface area (Å²) >= 11 is 0. The van der Waals surface area contributed by atoms with Crippen LogP contribution in [0.5, 0.6) is 0 Å². The first-order valence-corrected chi connectivity index (χ1v) is 10.7. The summed E-state index contributed by atoms with van der Waals surface area (Å²) in [6.45, 7) is 10.6. The highest BCUT2D eigenvalue weighted by atomic mass is 16.6. The van der Waals surface area contributed by atoms with Gasteiger partial charge in [0.2, 0.25) is 6.29 Å². The minimum atomic E-state index is -1.06. The van der Waals surface area contributed by atoms with Crippen LogP contribution in [-0.4, -0.2) is 23.1 Å². The van der Waals surface area contributed by atoms with E-state index in [9.17, 15) is 14.7 Å². The van der Waals surface area contributed by atoms with Gasteiger partial charge >= 0.3 is 5.97 Å². The predicted octanol–water partition coefficient (Wildman–Crippen LogP) is 5.73. The second kappa shape index (κ2) is 10.2. The number of carbonyl (C=O) groups excluding carboxylic acids is 2. The van der Waals surface area contributed by atoms with Gasteiger partial charge in [-0.15, -0.1) is 0 Å². The van der Waals surface area contributed by atoms with E-state index in [4.69, 9.17) is 0 Å². The normalized spacial score (nSPS) is 22.8. The van der Waals surface area contributed by atoms with E-state index >= 15 is 0 Å². The molecule has 0 fully saturated rings. The topological polar surface area (TPSA) is 63.6 Å². The second-order valence-corrected chi connectivity index (χ2v) is 8.99. The smallest absolute Gasteiger partial charge is 0.333 e. The molecule has 2 aliphatic rings. The fourth-order valence-corrected chi connectivity index (χ4v) is 4.19. The highest BCUT2D eigenvalue weighted by Gasteiger charge is 2.35. The number of esters is 1. The monoisotopic (exact) mass is 400 g/mol. The summed E-state index contributed by atoms with van der Waals surface area (Å²) in [4.78, 5) is 23.4. The molecule has 1 aliphatic heterocycles. The highest BCUT2D eigenvalue weighted by Crippen LogP contribution is 2.40. The van der Waals surface area contributed by atoms with Gasteiger partial charge in [-0.3, -0.25) is 4.79 Å². The lowest BCUT2D eigenvalue weighted by atomic mass is 9.70. The Balaban J connectivity index is 1.76. The summed E-state index contributed by atoms with van der Waals surface area (Å²) in [5.74, 6) is -0.0851. The zero-order chi connectivity index (χ0) is 21.6. The van der Waals surface area contributed by atoms with Gasteiger partial charge in [-0.1, -0.05) is 34.4 Å². The molecule has 0 spiro atoms. The lowest BCUT2D eigenvalue weighted by Gasteiger charge is -2.33. The Kier molecular flexibility index (Phi) is 8.21. The number of aliphatic hydroxyl groups excluding tert-OH is 1. The lowest BCUT2D eigenvalue weighted by Crippen LogP contribution is -2.30. The summed E-state index contributed by atoms with van der Waals surface area (Å²) < 4.78 is 4.69. The number of Topliss-reactive ketones (excluding diaryl/α,β-unsaturated/α-hetero) is 1. The molecule has 0 amide bonds. The van der Waals surface area contributed by atoms with Crippen molar-refractivity contribution in [2.24, 2.45) is 5.41 Å². The second-order valence-electron chi connectivity index (χ2n) is 8.99. The first kappa shape index (κ1) is 23.3. The Labute approximate surface area is 175 Å². The molecule has 4 heteroatoms. The standard InChI is InChI=1S/C25H36O4/c1-17(10-7-11-20-16-23(27)29-24(20)28)8-6-9-18(2)12-14-21-19(3)13-15-22(26)25(21,4)5/h9-10,16,24,28H,6-8,11-15H2,1-5H3/t24-/m1/s1. The van der Waals surface area contributed by atoms with Gasteiger partial charge in [-0.25, -0.2) is 4.79 Å². The first-order chi connectivity index (χ1) is 13.6. The molecule has 0 aromatic carbocycles. The molecule has 160 valence electrons. The van der Waals surface area contributed by atoms with Gasteiger partial charge in [0.05, 0.1) is 0 Å². The Morgan fingerprint density at radius 3 is 2.41 bits per heavy atom. The van der Waals surface area contributed by atoms with Crippen molar-refractivity contribution < 1.29 is 19.4 Å². The maximum absolute atomic E-state index is 12.3. The van der Waals surface area contributed by atoms with Crippen LogP contribution >= 0.6 is 0 Å². The van der Waals surface area contributed by atoms with E-state index < -0.39 is 12.3 Å². The third-order valence-corrected chi connectivity index (χ3v) is 6.27. The number of ketones is 1. The van der Waals surface area contributed by atoms with Crippen LogP contribution in [0.4, 0.5) is 0 Å². The predicted molar refractivity (Wildman–Crippen MR) is 116 cm³/mol. The fourth-order valence-electron chi connectivity index (χ4n) is 4.19. The Bertz CT molecular complexity index is 762. The largest absolute Gasteiger partial charge is 0.429 e. The number of rotatable bonds is 9. The van der Waals surface area contributed by atoms with Gasteiger partial charge in [0.1, 0.15) is 5.78 Å². The van der Waals surface area contributed by atoms with Gasteiger partial charge in [0, 0.05) is 23.5 Å². The highest BCUT2D eigenvalue weighted by molar-refractivity contribution is 5.88. The van der Waals surface area contributed by atoms with Crippen LogP contribution in [-0.2, 0) is 14.3 Å². The van der Waals surface area contributed by atoms with Crippen LogP contribution in [0.25, 0.3) is 0 Å². The summed E-state index contributed by atoms with van der Waals surface area (Å²) in [6, 6.07) is 0. The molecule has 0 aromatic heterocycles. The van der Waals surface area contributed by atoms with Crippen molar-refractivity contribution in [1.29, 1.82) is 0 Å². The molecule has 0 radical (unpaired) electrons. The number of allylic oxidation sites excluding steroid dienone is 6. The third-order valence-electron chi connectivity index (χ3n) is 6.27. The van der Waals surface area contributed by atoms with E-state index in [0.29, 0.717) is 24.2 Å². The lowest BCUT2D eigenvalue weighted by molar-refractivity contribution is -0.151. The van der Waals surface area contributed by atoms with Crippen LogP contribution < -0.4 is 0 Å². The van der Waals surface area contributed by atoms with Gasteiger partial charge < -0.3 is 9.84 Å². The van der Waals surface area contributed by atoms with Crippen LogP contribution in [0.2, 0.25) is 0 Å². The van der Waals surface area contributed by atoms with Crippen LogP contribution in [0.3, 0.4) is 0 Å². The number of carbonyl (C=O) groups is 2. The van der Waals surface area contributed by atoms with Gasteiger partial charge in [-0.05, 0) is 79.6 Å². The average Bonchev–Trinajstić information content (AvgIpc) is 2.95. The van der Waals surface area contributed by atoms with E-state index in [0.717, 1.165) is 38.5 Å². The minimum absolute atomic E-state index is 0.306. The molecule has 4 nitrogen and oxygen atoms in total. The van der Waals surface area contributed by atoms with Crippen molar-refractivity contribution in [3.8, 4) is 0 Å². The van der Waals surface area contributed by atoms with Crippen LogP contribution in [0.15, 0.2) is 46.1 Å². The molecule has 0 saturated carbocycles. The molecule has 1 N–H and O–H groups in total. The van der Waals surface area contributed by atoms with Gasteiger partial charge in [0.25, 0.3) is 0 Å². The summed E-state index contributed by atoms with van der Waals surface area (Å²) in [7, 11) is 0. The molecule has 1 atom stereocenters. The number of hydrogen-bond donors (Lipinski definition) is 1. The maximum Gasteiger partial charge on any atom is 0.333 e. The summed E-state index contributed by atoms with van der Waals surface area (Å²) in [5.41, 5.74) is 5.77. The summed E-state index contributed by atoms with van der Waals surface area (Å²) in [5, 5.41) is 9.57. The third kappa shape index (κ3) is 6.53. The molecule has 0 unspecified atom stereocenters. The van der Waals surface area contributed by atoms with Gasteiger partial charge in [-0.2, -0.15) is 0 Å². The summed E-state index contributed by atoms with van der Waals surface area (Å²) in [6.07, 6.45) is 11.8. The maximum atomic E-state index is 12.3. The number of cyclic esters (lactones) is 1. The van der Waals surface area contributed by atoms with Crippen LogP contribution in [0, 0.1) is 5.41 Å². The minimum Gasteiger partial charge on any atom is -0.429 e. The van der Waals surface area contributed by atoms with Crippen molar-refractivity contribution in [3.63, 3.8) is 0 Å². The van der Waals surface area contributed by atoms with E-state index in [1.807, 2.05) is 0 Å². The zero-order valence-corrected chi connectivity index (χ0v) is 18.6. The van der Waals surface area contributed by atoms with Crippen molar-refractivity contribution in [2.75, 3.05) is 0 Å². The number of ether oxygens (including phenoxy) is 1. The number of aliphatic hydroxyl groups is 1. The molecule has 0 saturated heterocycles. The molecule has 0 aromatic rings. The molecule has 1 aliphatic carbocycles. The van der Waals surface area contributed by atoms with E-state index in [2.05, 4.69) is 51.5 Å². The fraction of sp³-hybridized carbons (Fsp3) is 0.600. The Morgan fingerprint density at radius 1 is 1.10 bits per heavy atom. The molecular weight excluding hydrogens is 364 g/mol. The average molecular weight is 401 g/mol. The molecular formula is C25H36O4.